The summed E-state index contributed by atoms with van der Waals surface area (Å²) in [6, 6.07) is 9.15. The molecule has 148 valence electrons. The highest BCUT2D eigenvalue weighted by Crippen LogP contribution is 2.35. The summed E-state index contributed by atoms with van der Waals surface area (Å²) in [6.45, 7) is 6.58. The fourth-order valence-electron chi connectivity index (χ4n) is 4.23. The lowest BCUT2D eigenvalue weighted by molar-refractivity contribution is 0.661. The minimum atomic E-state index is 0.461. The molecule has 1 aliphatic rings. The van der Waals surface area contributed by atoms with E-state index >= 15 is 0 Å². The number of aryl methyl sites for hydroxylation is 2. The van der Waals surface area contributed by atoms with Crippen molar-refractivity contribution < 1.29 is 0 Å². The quantitative estimate of drug-likeness (QED) is 0.666. The maximum absolute atomic E-state index is 5.08. The second-order valence-corrected chi connectivity index (χ2v) is 8.03. The zero-order valence-electron chi connectivity index (χ0n) is 17.7. The fraction of sp³-hybridized carbons (Fsp3) is 0.478. The monoisotopic (exact) mass is 377 g/mol. The number of hydrogen-bond acceptors (Lipinski definition) is 4. The van der Waals surface area contributed by atoms with Gasteiger partial charge in [0.05, 0.1) is 5.69 Å². The highest BCUT2D eigenvalue weighted by atomic mass is 15.3. The molecule has 4 rings (SSSR count). The number of anilines is 2. The summed E-state index contributed by atoms with van der Waals surface area (Å²) in [4.78, 5) is 7.20. The normalized spacial score (nSPS) is 13.4. The van der Waals surface area contributed by atoms with Crippen molar-refractivity contribution in [1.29, 1.82) is 0 Å². The van der Waals surface area contributed by atoms with Crippen molar-refractivity contribution in [2.75, 3.05) is 24.3 Å². The van der Waals surface area contributed by atoms with Crippen LogP contribution in [0.4, 0.5) is 11.5 Å². The van der Waals surface area contributed by atoms with Gasteiger partial charge in [-0.2, -0.15) is 9.61 Å². The van der Waals surface area contributed by atoms with Crippen molar-refractivity contribution in [3.05, 3.63) is 41.2 Å². The molecule has 0 fully saturated rings. The largest absolute Gasteiger partial charge is 0.378 e. The Hall–Kier alpha value is -2.56. The molecule has 1 N–H and O–H groups in total. The van der Waals surface area contributed by atoms with Crippen molar-refractivity contribution in [2.24, 2.45) is 0 Å². The van der Waals surface area contributed by atoms with E-state index in [1.54, 1.807) is 0 Å². The van der Waals surface area contributed by atoms with E-state index in [2.05, 4.69) is 73.9 Å². The average molecular weight is 378 g/mol. The molecule has 0 saturated carbocycles. The maximum atomic E-state index is 5.08. The molecule has 0 radical (unpaired) electrons. The van der Waals surface area contributed by atoms with Gasteiger partial charge in [0.15, 0.2) is 5.65 Å². The van der Waals surface area contributed by atoms with Gasteiger partial charge in [-0.25, -0.2) is 4.98 Å². The van der Waals surface area contributed by atoms with Gasteiger partial charge in [0.2, 0.25) is 0 Å². The van der Waals surface area contributed by atoms with Gasteiger partial charge in [-0.1, -0.05) is 26.0 Å². The first-order chi connectivity index (χ1) is 13.5. The third kappa shape index (κ3) is 3.13. The third-order valence-electron chi connectivity index (χ3n) is 5.96. The van der Waals surface area contributed by atoms with E-state index in [-0.39, 0.29) is 0 Å². The second kappa shape index (κ2) is 7.46. The van der Waals surface area contributed by atoms with Crippen LogP contribution in [-0.2, 0) is 12.8 Å². The van der Waals surface area contributed by atoms with Crippen molar-refractivity contribution >= 4 is 17.2 Å². The molecule has 0 saturated heterocycles. The van der Waals surface area contributed by atoms with Crippen LogP contribution in [0.5, 0.6) is 0 Å². The molecule has 5 nitrogen and oxygen atoms in total. The van der Waals surface area contributed by atoms with E-state index in [1.165, 1.54) is 28.9 Å². The van der Waals surface area contributed by atoms with Gasteiger partial charge < -0.3 is 10.2 Å². The first kappa shape index (κ1) is 18.8. The Morgan fingerprint density at radius 1 is 1.11 bits per heavy atom. The van der Waals surface area contributed by atoms with Crippen LogP contribution in [0.3, 0.4) is 0 Å². The predicted molar refractivity (Wildman–Crippen MR) is 118 cm³/mol. The van der Waals surface area contributed by atoms with E-state index in [9.17, 15) is 0 Å². The summed E-state index contributed by atoms with van der Waals surface area (Å²) in [7, 11) is 4.13. The fourth-order valence-corrected chi connectivity index (χ4v) is 4.23. The van der Waals surface area contributed by atoms with E-state index in [0.29, 0.717) is 6.04 Å². The zero-order valence-corrected chi connectivity index (χ0v) is 17.7. The summed E-state index contributed by atoms with van der Waals surface area (Å²) in [5.74, 6) is 1.16. The predicted octanol–water partition coefficient (Wildman–Crippen LogP) is 4.86. The highest BCUT2D eigenvalue weighted by Gasteiger charge is 2.25. The second-order valence-electron chi connectivity index (χ2n) is 8.03. The maximum Gasteiger partial charge on any atom is 0.165 e. The Bertz CT molecular complexity index is 981. The minimum Gasteiger partial charge on any atom is -0.378 e. The highest BCUT2D eigenvalue weighted by molar-refractivity contribution is 5.82. The van der Waals surface area contributed by atoms with Crippen molar-refractivity contribution in [1.82, 2.24) is 14.6 Å². The molecule has 1 aliphatic carbocycles. The molecule has 0 unspecified atom stereocenters. The lowest BCUT2D eigenvalue weighted by Crippen LogP contribution is -2.21. The summed E-state index contributed by atoms with van der Waals surface area (Å²) in [5.41, 5.74) is 8.13. The zero-order chi connectivity index (χ0) is 19.8. The standard InChI is InChI=1S/C23H31N5/c1-6-17(7-2)24-22-19-9-8-10-20(19)25-23-21(15(3)26-28(22)23)16-11-13-18(14-12-16)27(4)5/h11-14,17,24H,6-10H2,1-5H3. The average Bonchev–Trinajstić information content (AvgIpc) is 3.29. The van der Waals surface area contributed by atoms with E-state index in [0.717, 1.165) is 48.4 Å². The summed E-state index contributed by atoms with van der Waals surface area (Å²) < 4.78 is 2.06. The molecule has 1 aromatic carbocycles. The van der Waals surface area contributed by atoms with E-state index < -0.39 is 0 Å². The van der Waals surface area contributed by atoms with Gasteiger partial charge in [0.1, 0.15) is 5.82 Å². The van der Waals surface area contributed by atoms with E-state index in [4.69, 9.17) is 10.1 Å². The smallest absolute Gasteiger partial charge is 0.165 e. The van der Waals surface area contributed by atoms with Crippen LogP contribution in [-0.4, -0.2) is 34.7 Å². The van der Waals surface area contributed by atoms with Gasteiger partial charge >= 0.3 is 0 Å². The summed E-state index contributed by atoms with van der Waals surface area (Å²) >= 11 is 0. The number of rotatable bonds is 6. The summed E-state index contributed by atoms with van der Waals surface area (Å²) in [6.07, 6.45) is 5.54. The third-order valence-corrected chi connectivity index (χ3v) is 5.96. The molecule has 0 atom stereocenters. The minimum absolute atomic E-state index is 0.461. The van der Waals surface area contributed by atoms with Crippen LogP contribution in [0.2, 0.25) is 0 Å². The van der Waals surface area contributed by atoms with Crippen LogP contribution in [0.25, 0.3) is 16.8 Å². The first-order valence-corrected chi connectivity index (χ1v) is 10.5. The van der Waals surface area contributed by atoms with Crippen LogP contribution >= 0.6 is 0 Å². The number of hydrogen-bond donors (Lipinski definition) is 1. The molecule has 0 aliphatic heterocycles. The molecular formula is C23H31N5. The molecule has 3 aromatic rings. The number of nitrogens with zero attached hydrogens (tertiary/aromatic N) is 4. The molecule has 28 heavy (non-hydrogen) atoms. The van der Waals surface area contributed by atoms with Crippen molar-refractivity contribution in [2.45, 2.75) is 58.9 Å². The number of nitrogens with one attached hydrogen (secondary N) is 1. The first-order valence-electron chi connectivity index (χ1n) is 10.5. The van der Waals surface area contributed by atoms with Crippen LogP contribution in [0.15, 0.2) is 24.3 Å². The molecular weight excluding hydrogens is 346 g/mol. The van der Waals surface area contributed by atoms with Gasteiger partial charge in [-0.05, 0) is 56.7 Å². The molecule has 0 bridgehead atoms. The Balaban J connectivity index is 1.88. The van der Waals surface area contributed by atoms with Gasteiger partial charge in [-0.15, -0.1) is 0 Å². The van der Waals surface area contributed by atoms with Crippen molar-refractivity contribution in [3.63, 3.8) is 0 Å². The molecule has 0 spiro atoms. The number of fused-ring (bicyclic) bond motifs is 2. The lowest BCUT2D eigenvalue weighted by atomic mass is 10.1. The van der Waals surface area contributed by atoms with Crippen molar-refractivity contribution in [3.8, 4) is 11.1 Å². The number of aromatic nitrogens is 3. The Kier molecular flexibility index (Phi) is 5.00. The molecule has 5 heteroatoms. The molecule has 2 aromatic heterocycles. The Labute approximate surface area is 167 Å². The molecule has 0 amide bonds. The summed E-state index contributed by atoms with van der Waals surface area (Å²) in [5, 5.41) is 8.72. The molecule has 2 heterocycles. The van der Waals surface area contributed by atoms with Crippen LogP contribution < -0.4 is 10.2 Å². The lowest BCUT2D eigenvalue weighted by Gasteiger charge is -2.19. The number of benzene rings is 1. The van der Waals surface area contributed by atoms with Gasteiger partial charge in [0, 0.05) is 42.6 Å². The van der Waals surface area contributed by atoms with Gasteiger partial charge in [0.25, 0.3) is 0 Å². The Morgan fingerprint density at radius 2 is 1.82 bits per heavy atom. The van der Waals surface area contributed by atoms with Crippen LogP contribution in [0.1, 0.15) is 50.1 Å². The van der Waals surface area contributed by atoms with E-state index in [1.807, 2.05) is 0 Å². The van der Waals surface area contributed by atoms with Gasteiger partial charge in [-0.3, -0.25) is 0 Å². The SMILES string of the molecule is CCC(CC)Nc1c2c(nc3c(-c4ccc(N(C)C)cc4)c(C)nn13)CCC2. The Morgan fingerprint density at radius 3 is 2.46 bits per heavy atom. The topological polar surface area (TPSA) is 45.5 Å². The van der Waals surface area contributed by atoms with Crippen LogP contribution in [0, 0.1) is 6.92 Å².